The van der Waals surface area contributed by atoms with E-state index < -0.39 is 0 Å². The van der Waals surface area contributed by atoms with E-state index in [0.29, 0.717) is 42.6 Å². The van der Waals surface area contributed by atoms with Gasteiger partial charge in [-0.2, -0.15) is 0 Å². The van der Waals surface area contributed by atoms with E-state index in [1.807, 2.05) is 6.92 Å². The Kier molecular flexibility index (Phi) is 4.09. The molecule has 1 fully saturated rings. The second-order valence-corrected chi connectivity index (χ2v) is 4.61. The van der Waals surface area contributed by atoms with Crippen molar-refractivity contribution in [2.75, 3.05) is 33.4 Å². The first kappa shape index (κ1) is 13.2. The van der Waals surface area contributed by atoms with Crippen molar-refractivity contribution >= 4 is 17.5 Å². The summed E-state index contributed by atoms with van der Waals surface area (Å²) in [6, 6.07) is 3.46. The molecule has 0 unspecified atom stereocenters. The second kappa shape index (κ2) is 5.59. The molecule has 18 heavy (non-hydrogen) atoms. The lowest BCUT2D eigenvalue weighted by Gasteiger charge is -2.27. The van der Waals surface area contributed by atoms with E-state index in [2.05, 4.69) is 0 Å². The van der Waals surface area contributed by atoms with Gasteiger partial charge in [-0.3, -0.25) is 4.79 Å². The van der Waals surface area contributed by atoms with Crippen LogP contribution in [-0.2, 0) is 4.74 Å². The van der Waals surface area contributed by atoms with Crippen molar-refractivity contribution in [2.45, 2.75) is 6.92 Å². The van der Waals surface area contributed by atoms with Crippen molar-refractivity contribution in [3.8, 4) is 5.75 Å². The summed E-state index contributed by atoms with van der Waals surface area (Å²) >= 11 is 6.07. The Balaban J connectivity index is 2.31. The number of ether oxygens (including phenoxy) is 2. The largest absolute Gasteiger partial charge is 0.496 e. The molecule has 0 spiro atoms. The van der Waals surface area contributed by atoms with Gasteiger partial charge in [0.2, 0.25) is 0 Å². The third-order valence-corrected chi connectivity index (χ3v) is 3.42. The minimum absolute atomic E-state index is 0.0583. The third kappa shape index (κ3) is 2.60. The average molecular weight is 270 g/mol. The number of hydrogen-bond acceptors (Lipinski definition) is 3. The van der Waals surface area contributed by atoms with Crippen LogP contribution in [0.1, 0.15) is 15.9 Å². The molecule has 1 aliphatic rings. The number of aryl methyl sites for hydroxylation is 1. The molecule has 0 radical (unpaired) electrons. The molecule has 98 valence electrons. The van der Waals surface area contributed by atoms with E-state index in [9.17, 15) is 4.79 Å². The maximum Gasteiger partial charge on any atom is 0.257 e. The molecule has 0 N–H and O–H groups in total. The van der Waals surface area contributed by atoms with Gasteiger partial charge in [0.05, 0.1) is 25.9 Å². The van der Waals surface area contributed by atoms with Gasteiger partial charge < -0.3 is 14.4 Å². The van der Waals surface area contributed by atoms with Gasteiger partial charge in [-0.25, -0.2) is 0 Å². The maximum absolute atomic E-state index is 12.4. The van der Waals surface area contributed by atoms with Crippen LogP contribution in [0.3, 0.4) is 0 Å². The molecule has 1 aromatic rings. The number of halogens is 1. The van der Waals surface area contributed by atoms with E-state index in [0.717, 1.165) is 5.56 Å². The number of rotatable bonds is 2. The zero-order valence-electron chi connectivity index (χ0n) is 10.5. The van der Waals surface area contributed by atoms with Crippen molar-refractivity contribution in [1.82, 2.24) is 4.90 Å². The molecule has 0 saturated carbocycles. The summed E-state index contributed by atoms with van der Waals surface area (Å²) in [6.45, 7) is 4.25. The predicted molar refractivity (Wildman–Crippen MR) is 69.5 cm³/mol. The van der Waals surface area contributed by atoms with Gasteiger partial charge in [-0.15, -0.1) is 0 Å². The number of benzene rings is 1. The molecule has 1 aromatic carbocycles. The molecule has 0 aromatic heterocycles. The molecule has 0 aliphatic carbocycles. The van der Waals surface area contributed by atoms with Gasteiger partial charge in [0.25, 0.3) is 5.91 Å². The predicted octanol–water partition coefficient (Wildman–Crippen LogP) is 2.13. The Labute approximate surface area is 111 Å². The van der Waals surface area contributed by atoms with Crippen molar-refractivity contribution in [2.24, 2.45) is 0 Å². The van der Waals surface area contributed by atoms with E-state index in [4.69, 9.17) is 21.1 Å². The minimum Gasteiger partial charge on any atom is -0.496 e. The standard InChI is InChI=1S/C13H16ClNO3/c1-9-7-12(17-2)10(8-11(9)14)13(16)15-3-5-18-6-4-15/h7-8H,3-6H2,1-2H3. The topological polar surface area (TPSA) is 38.8 Å². The first-order chi connectivity index (χ1) is 8.63. The lowest BCUT2D eigenvalue weighted by molar-refractivity contribution is 0.0301. The van der Waals surface area contributed by atoms with Crippen LogP contribution in [0, 0.1) is 6.92 Å². The maximum atomic E-state index is 12.4. The number of carbonyl (C=O) groups excluding carboxylic acids is 1. The molecule has 0 bridgehead atoms. The molecule has 0 atom stereocenters. The fourth-order valence-corrected chi connectivity index (χ4v) is 2.09. The Bertz CT molecular complexity index is 456. The molecule has 1 amide bonds. The number of hydrogen-bond donors (Lipinski definition) is 0. The quantitative estimate of drug-likeness (QED) is 0.826. The van der Waals surface area contributed by atoms with Crippen molar-refractivity contribution in [3.63, 3.8) is 0 Å². The zero-order valence-corrected chi connectivity index (χ0v) is 11.3. The van der Waals surface area contributed by atoms with Crippen LogP contribution >= 0.6 is 11.6 Å². The van der Waals surface area contributed by atoms with Crippen LogP contribution in [0.25, 0.3) is 0 Å². The van der Waals surface area contributed by atoms with Crippen molar-refractivity contribution < 1.29 is 14.3 Å². The van der Waals surface area contributed by atoms with E-state index in [1.165, 1.54) is 0 Å². The van der Waals surface area contributed by atoms with Gasteiger partial charge in [-0.05, 0) is 24.6 Å². The van der Waals surface area contributed by atoms with Gasteiger partial charge >= 0.3 is 0 Å². The van der Waals surface area contributed by atoms with Crippen LogP contribution in [0.4, 0.5) is 0 Å². The fourth-order valence-electron chi connectivity index (χ4n) is 1.93. The molecule has 1 saturated heterocycles. The van der Waals surface area contributed by atoms with Crippen LogP contribution in [0.15, 0.2) is 12.1 Å². The second-order valence-electron chi connectivity index (χ2n) is 4.21. The molecule has 5 heteroatoms. The molecule has 2 rings (SSSR count). The highest BCUT2D eigenvalue weighted by Crippen LogP contribution is 2.27. The summed E-state index contributed by atoms with van der Waals surface area (Å²) < 4.78 is 10.5. The molecular weight excluding hydrogens is 254 g/mol. The van der Waals surface area contributed by atoms with E-state index in [-0.39, 0.29) is 5.91 Å². The molecule has 1 aliphatic heterocycles. The number of methoxy groups -OCH3 is 1. The Morgan fingerprint density at radius 1 is 1.39 bits per heavy atom. The van der Waals surface area contributed by atoms with E-state index in [1.54, 1.807) is 24.1 Å². The fraction of sp³-hybridized carbons (Fsp3) is 0.462. The van der Waals surface area contributed by atoms with Gasteiger partial charge in [0, 0.05) is 18.1 Å². The monoisotopic (exact) mass is 269 g/mol. The lowest BCUT2D eigenvalue weighted by Crippen LogP contribution is -2.40. The van der Waals surface area contributed by atoms with Gasteiger partial charge in [-0.1, -0.05) is 11.6 Å². The van der Waals surface area contributed by atoms with Crippen molar-refractivity contribution in [1.29, 1.82) is 0 Å². The number of amides is 1. The van der Waals surface area contributed by atoms with Crippen LogP contribution in [0.2, 0.25) is 5.02 Å². The highest BCUT2D eigenvalue weighted by Gasteiger charge is 2.22. The summed E-state index contributed by atoms with van der Waals surface area (Å²) in [5.41, 5.74) is 1.40. The minimum atomic E-state index is -0.0583. The molecule has 1 heterocycles. The van der Waals surface area contributed by atoms with Crippen LogP contribution < -0.4 is 4.74 Å². The van der Waals surface area contributed by atoms with Crippen LogP contribution in [0.5, 0.6) is 5.75 Å². The summed E-state index contributed by atoms with van der Waals surface area (Å²) in [4.78, 5) is 14.1. The smallest absolute Gasteiger partial charge is 0.257 e. The zero-order chi connectivity index (χ0) is 13.1. The van der Waals surface area contributed by atoms with Crippen molar-refractivity contribution in [3.05, 3.63) is 28.3 Å². The Hall–Kier alpha value is -1.26. The third-order valence-electron chi connectivity index (χ3n) is 3.01. The summed E-state index contributed by atoms with van der Waals surface area (Å²) in [7, 11) is 1.55. The number of morpholine rings is 1. The highest BCUT2D eigenvalue weighted by atomic mass is 35.5. The Morgan fingerprint density at radius 3 is 2.67 bits per heavy atom. The lowest BCUT2D eigenvalue weighted by atomic mass is 10.1. The van der Waals surface area contributed by atoms with Gasteiger partial charge in [0.1, 0.15) is 5.75 Å². The molecule has 4 nitrogen and oxygen atoms in total. The van der Waals surface area contributed by atoms with Gasteiger partial charge in [0.15, 0.2) is 0 Å². The van der Waals surface area contributed by atoms with Crippen LogP contribution in [-0.4, -0.2) is 44.2 Å². The number of carbonyl (C=O) groups is 1. The Morgan fingerprint density at radius 2 is 2.06 bits per heavy atom. The summed E-state index contributed by atoms with van der Waals surface area (Å²) in [6.07, 6.45) is 0. The summed E-state index contributed by atoms with van der Waals surface area (Å²) in [5.74, 6) is 0.505. The first-order valence-corrected chi connectivity index (χ1v) is 6.22. The highest BCUT2D eigenvalue weighted by molar-refractivity contribution is 6.31. The van der Waals surface area contributed by atoms with E-state index >= 15 is 0 Å². The SMILES string of the molecule is COc1cc(C)c(Cl)cc1C(=O)N1CCOCC1. The normalized spacial score (nSPS) is 15.6. The number of nitrogens with zero attached hydrogens (tertiary/aromatic N) is 1. The summed E-state index contributed by atoms with van der Waals surface area (Å²) in [5, 5.41) is 0.576. The molecular formula is C13H16ClNO3. The average Bonchev–Trinajstić information content (AvgIpc) is 2.41. The first-order valence-electron chi connectivity index (χ1n) is 5.84.